The first-order valence-corrected chi connectivity index (χ1v) is 7.79. The van der Waals surface area contributed by atoms with E-state index in [1.54, 1.807) is 17.0 Å². The number of ether oxygens (including phenoxy) is 1. The first kappa shape index (κ1) is 15.0. The lowest BCUT2D eigenvalue weighted by atomic mass is 10.2. The van der Waals surface area contributed by atoms with Crippen LogP contribution in [0.25, 0.3) is 11.5 Å². The van der Waals surface area contributed by atoms with Gasteiger partial charge in [0.1, 0.15) is 5.82 Å². The van der Waals surface area contributed by atoms with Crippen LogP contribution in [0.1, 0.15) is 0 Å². The molecule has 1 aromatic carbocycles. The first-order valence-electron chi connectivity index (χ1n) is 6.80. The number of carbonyl (C=O) groups is 1. The second-order valence-corrected chi connectivity index (χ2v) is 5.59. The van der Waals surface area contributed by atoms with E-state index in [1.165, 1.54) is 23.9 Å². The van der Waals surface area contributed by atoms with Gasteiger partial charge in [0.2, 0.25) is 11.8 Å². The summed E-state index contributed by atoms with van der Waals surface area (Å²) >= 11 is 1.18. The third-order valence-corrected chi connectivity index (χ3v) is 3.96. The third-order valence-electron chi connectivity index (χ3n) is 3.16. The molecule has 22 heavy (non-hydrogen) atoms. The Morgan fingerprint density at radius 3 is 2.91 bits per heavy atom. The normalized spacial score (nSPS) is 15.0. The molecular formula is C14H14FN3O3S. The molecule has 0 radical (unpaired) electrons. The van der Waals surface area contributed by atoms with E-state index in [0.717, 1.165) is 0 Å². The summed E-state index contributed by atoms with van der Waals surface area (Å²) in [5, 5.41) is 8.03. The quantitative estimate of drug-likeness (QED) is 0.800. The number of amides is 1. The van der Waals surface area contributed by atoms with Crippen molar-refractivity contribution in [3.8, 4) is 11.5 Å². The Hall–Kier alpha value is -1.93. The molecule has 1 aliphatic rings. The van der Waals surface area contributed by atoms with Crippen LogP contribution in [0.5, 0.6) is 0 Å². The highest BCUT2D eigenvalue weighted by Crippen LogP contribution is 2.23. The number of hydrogen-bond acceptors (Lipinski definition) is 6. The molecule has 0 saturated carbocycles. The Balaban J connectivity index is 1.59. The SMILES string of the molecule is O=C(CSc1nnc(-c2cccc(F)c2)o1)N1CCOCC1. The first-order chi connectivity index (χ1) is 10.7. The highest BCUT2D eigenvalue weighted by molar-refractivity contribution is 7.99. The zero-order valence-electron chi connectivity index (χ0n) is 11.7. The Morgan fingerprint density at radius 1 is 1.32 bits per heavy atom. The summed E-state index contributed by atoms with van der Waals surface area (Å²) in [5.74, 6) is 0.108. The van der Waals surface area contributed by atoms with Crippen LogP contribution in [-0.4, -0.2) is 53.1 Å². The van der Waals surface area contributed by atoms with Gasteiger partial charge in [-0.2, -0.15) is 0 Å². The number of aromatic nitrogens is 2. The largest absolute Gasteiger partial charge is 0.411 e. The fraction of sp³-hybridized carbons (Fsp3) is 0.357. The summed E-state index contributed by atoms with van der Waals surface area (Å²) in [4.78, 5) is 13.8. The molecule has 1 fully saturated rings. The molecule has 0 spiro atoms. The summed E-state index contributed by atoms with van der Waals surface area (Å²) < 4.78 is 23.8. The minimum atomic E-state index is -0.368. The van der Waals surface area contributed by atoms with Crippen LogP contribution in [0.2, 0.25) is 0 Å². The van der Waals surface area contributed by atoms with Gasteiger partial charge in [-0.25, -0.2) is 4.39 Å². The molecule has 0 unspecified atom stereocenters. The van der Waals surface area contributed by atoms with Crippen LogP contribution in [-0.2, 0) is 9.53 Å². The van der Waals surface area contributed by atoms with Gasteiger partial charge in [-0.1, -0.05) is 17.8 Å². The van der Waals surface area contributed by atoms with Crippen molar-refractivity contribution in [1.82, 2.24) is 15.1 Å². The monoisotopic (exact) mass is 323 g/mol. The van der Waals surface area contributed by atoms with Gasteiger partial charge < -0.3 is 14.1 Å². The molecule has 0 N–H and O–H groups in total. The van der Waals surface area contributed by atoms with E-state index >= 15 is 0 Å². The number of rotatable bonds is 4. The number of halogens is 1. The number of nitrogens with zero attached hydrogens (tertiary/aromatic N) is 3. The average Bonchev–Trinajstić information content (AvgIpc) is 3.02. The van der Waals surface area contributed by atoms with Gasteiger partial charge >= 0.3 is 0 Å². The van der Waals surface area contributed by atoms with Crippen LogP contribution < -0.4 is 0 Å². The van der Waals surface area contributed by atoms with Crippen LogP contribution >= 0.6 is 11.8 Å². The van der Waals surface area contributed by atoms with Crippen LogP contribution in [0.15, 0.2) is 33.9 Å². The molecule has 3 rings (SSSR count). The molecule has 1 amide bonds. The van der Waals surface area contributed by atoms with E-state index in [-0.39, 0.29) is 23.4 Å². The van der Waals surface area contributed by atoms with E-state index in [4.69, 9.17) is 9.15 Å². The van der Waals surface area contributed by atoms with Crippen molar-refractivity contribution < 1.29 is 18.3 Å². The van der Waals surface area contributed by atoms with E-state index in [2.05, 4.69) is 10.2 Å². The Labute approximate surface area is 130 Å². The molecule has 1 saturated heterocycles. The summed E-state index contributed by atoms with van der Waals surface area (Å²) in [5.41, 5.74) is 0.513. The van der Waals surface area contributed by atoms with Crippen LogP contribution in [0, 0.1) is 5.82 Å². The van der Waals surface area contributed by atoms with Gasteiger partial charge in [0, 0.05) is 18.7 Å². The van der Waals surface area contributed by atoms with Crippen molar-refractivity contribution in [2.45, 2.75) is 5.22 Å². The Bertz CT molecular complexity index is 658. The van der Waals surface area contributed by atoms with Crippen molar-refractivity contribution in [3.05, 3.63) is 30.1 Å². The molecule has 1 aliphatic heterocycles. The van der Waals surface area contributed by atoms with Gasteiger partial charge in [0.05, 0.1) is 19.0 Å². The fourth-order valence-electron chi connectivity index (χ4n) is 2.03. The molecule has 0 aliphatic carbocycles. The fourth-order valence-corrected chi connectivity index (χ4v) is 2.70. The van der Waals surface area contributed by atoms with Crippen molar-refractivity contribution in [1.29, 1.82) is 0 Å². The number of benzene rings is 1. The highest BCUT2D eigenvalue weighted by atomic mass is 32.2. The van der Waals surface area contributed by atoms with Crippen molar-refractivity contribution >= 4 is 17.7 Å². The summed E-state index contributed by atoms with van der Waals surface area (Å²) in [6.45, 7) is 2.36. The molecule has 0 atom stereocenters. The van der Waals surface area contributed by atoms with E-state index in [0.29, 0.717) is 37.1 Å². The molecule has 8 heteroatoms. The second kappa shape index (κ2) is 6.89. The highest BCUT2D eigenvalue weighted by Gasteiger charge is 2.18. The minimum absolute atomic E-state index is 0.0128. The molecule has 2 heterocycles. The van der Waals surface area contributed by atoms with E-state index < -0.39 is 0 Å². The molecule has 116 valence electrons. The number of morpholine rings is 1. The van der Waals surface area contributed by atoms with Gasteiger partial charge in [-0.05, 0) is 18.2 Å². The topological polar surface area (TPSA) is 68.5 Å². The maximum absolute atomic E-state index is 13.2. The smallest absolute Gasteiger partial charge is 0.277 e. The Morgan fingerprint density at radius 2 is 2.14 bits per heavy atom. The predicted molar refractivity (Wildman–Crippen MR) is 77.8 cm³/mol. The van der Waals surface area contributed by atoms with Crippen molar-refractivity contribution in [3.63, 3.8) is 0 Å². The van der Waals surface area contributed by atoms with Crippen LogP contribution in [0.4, 0.5) is 4.39 Å². The van der Waals surface area contributed by atoms with Crippen molar-refractivity contribution in [2.75, 3.05) is 32.1 Å². The predicted octanol–water partition coefficient (Wildman–Crippen LogP) is 1.83. The molecule has 2 aromatic rings. The minimum Gasteiger partial charge on any atom is -0.411 e. The number of carbonyl (C=O) groups excluding carboxylic acids is 1. The molecule has 1 aromatic heterocycles. The van der Waals surface area contributed by atoms with E-state index in [1.807, 2.05) is 0 Å². The second-order valence-electron chi connectivity index (χ2n) is 4.67. The standard InChI is InChI=1S/C14H14FN3O3S/c15-11-3-1-2-10(8-11)13-16-17-14(21-13)22-9-12(19)18-4-6-20-7-5-18/h1-3,8H,4-7,9H2. The zero-order chi connectivity index (χ0) is 15.4. The maximum Gasteiger partial charge on any atom is 0.277 e. The van der Waals surface area contributed by atoms with E-state index in [9.17, 15) is 9.18 Å². The molecule has 0 bridgehead atoms. The van der Waals surface area contributed by atoms with Gasteiger partial charge in [-0.15, -0.1) is 10.2 Å². The van der Waals surface area contributed by atoms with Gasteiger partial charge in [0.15, 0.2) is 0 Å². The lowest BCUT2D eigenvalue weighted by molar-refractivity contribution is -0.132. The van der Waals surface area contributed by atoms with Gasteiger partial charge in [0.25, 0.3) is 5.22 Å². The number of thioether (sulfide) groups is 1. The number of hydrogen-bond donors (Lipinski definition) is 0. The molecular weight excluding hydrogens is 309 g/mol. The maximum atomic E-state index is 13.2. The lowest BCUT2D eigenvalue weighted by Gasteiger charge is -2.26. The Kier molecular flexibility index (Phi) is 4.69. The summed E-state index contributed by atoms with van der Waals surface area (Å²) in [6, 6.07) is 5.92. The zero-order valence-corrected chi connectivity index (χ0v) is 12.5. The average molecular weight is 323 g/mol. The van der Waals surface area contributed by atoms with Crippen LogP contribution in [0.3, 0.4) is 0 Å². The summed E-state index contributed by atoms with van der Waals surface area (Å²) in [6.07, 6.45) is 0. The lowest BCUT2D eigenvalue weighted by Crippen LogP contribution is -2.41. The third kappa shape index (κ3) is 3.63. The van der Waals surface area contributed by atoms with Gasteiger partial charge in [-0.3, -0.25) is 4.79 Å². The molecule has 6 nitrogen and oxygen atoms in total. The summed E-state index contributed by atoms with van der Waals surface area (Å²) in [7, 11) is 0. The van der Waals surface area contributed by atoms with Crippen molar-refractivity contribution in [2.24, 2.45) is 0 Å².